The molecule has 2 saturated carbocycles. The smallest absolute Gasteiger partial charge is 0.278 e. The molecule has 2 rings (SSSR count). The van der Waals surface area contributed by atoms with Gasteiger partial charge in [0.1, 0.15) is 0 Å². The highest BCUT2D eigenvalue weighted by Crippen LogP contribution is 2.19. The lowest BCUT2D eigenvalue weighted by Crippen LogP contribution is -2.47. The van der Waals surface area contributed by atoms with Gasteiger partial charge in [-0.25, -0.2) is 0 Å². The van der Waals surface area contributed by atoms with Crippen molar-refractivity contribution in [2.24, 2.45) is 0 Å². The van der Waals surface area contributed by atoms with Gasteiger partial charge < -0.3 is 10.6 Å². The van der Waals surface area contributed by atoms with Crippen molar-refractivity contribution in [3.63, 3.8) is 0 Å². The molecule has 0 aromatic carbocycles. The van der Waals surface area contributed by atoms with Crippen LogP contribution in [0.2, 0.25) is 0 Å². The van der Waals surface area contributed by atoms with E-state index in [1.54, 1.807) is 0 Å². The molecule has 0 saturated heterocycles. The summed E-state index contributed by atoms with van der Waals surface area (Å²) in [5, 5.41) is 6.10. The van der Waals surface area contributed by atoms with Crippen LogP contribution in [-0.4, -0.2) is 23.0 Å². The van der Waals surface area contributed by atoms with Crippen molar-refractivity contribution in [1.29, 1.82) is 0 Å². The van der Waals surface area contributed by atoms with Gasteiger partial charge in [-0.2, -0.15) is 0 Å². The highest BCUT2D eigenvalue weighted by Gasteiger charge is 2.23. The van der Waals surface area contributed by atoms with E-state index in [2.05, 4.69) is 10.6 Å². The van der Waals surface area contributed by atoms with Crippen molar-refractivity contribution in [2.75, 3.05) is 0 Å². The minimum Gasteiger partial charge on any atom is -0.369 e. The monoisotopic (exact) mass is 226 g/mol. The van der Waals surface area contributed by atoms with Gasteiger partial charge in [0.2, 0.25) is 0 Å². The van der Waals surface area contributed by atoms with Crippen molar-refractivity contribution in [1.82, 2.24) is 10.6 Å². The van der Waals surface area contributed by atoms with Crippen LogP contribution < -0.4 is 10.6 Å². The third-order valence-corrected chi connectivity index (χ3v) is 3.64. The molecule has 2 fully saturated rings. The molecule has 0 aromatic rings. The Labute approximate surface area is 96.0 Å². The number of thiocarbonyl (C=S) groups is 1. The largest absolute Gasteiger partial charge is 0.369 e. The fraction of sp³-hybridized carbons (Fsp3) is 0.818. The van der Waals surface area contributed by atoms with E-state index in [-0.39, 0.29) is 5.91 Å². The molecule has 0 aromatic heterocycles. The Morgan fingerprint density at radius 3 is 2.00 bits per heavy atom. The molecule has 15 heavy (non-hydrogen) atoms. The van der Waals surface area contributed by atoms with Crippen molar-refractivity contribution < 1.29 is 4.79 Å². The first-order chi connectivity index (χ1) is 7.25. The first kappa shape index (κ1) is 10.9. The van der Waals surface area contributed by atoms with E-state index < -0.39 is 0 Å². The molecule has 2 aliphatic carbocycles. The molecular formula is C11H18N2OS. The van der Waals surface area contributed by atoms with Gasteiger partial charge in [0.25, 0.3) is 5.91 Å². The molecule has 0 bridgehead atoms. The van der Waals surface area contributed by atoms with Crippen molar-refractivity contribution in [2.45, 2.75) is 57.0 Å². The fourth-order valence-corrected chi connectivity index (χ4v) is 2.35. The van der Waals surface area contributed by atoms with E-state index in [9.17, 15) is 4.79 Å². The second-order valence-electron chi connectivity index (χ2n) is 4.56. The summed E-state index contributed by atoms with van der Waals surface area (Å²) >= 11 is 5.06. The predicted molar refractivity (Wildman–Crippen MR) is 63.8 cm³/mol. The number of amides is 1. The maximum atomic E-state index is 11.7. The highest BCUT2D eigenvalue weighted by atomic mass is 32.1. The molecule has 2 N–H and O–H groups in total. The maximum Gasteiger partial charge on any atom is 0.278 e. The zero-order chi connectivity index (χ0) is 10.7. The maximum absolute atomic E-state index is 11.7. The van der Waals surface area contributed by atoms with Crippen molar-refractivity contribution >= 4 is 23.1 Å². The summed E-state index contributed by atoms with van der Waals surface area (Å²) in [7, 11) is 0. The van der Waals surface area contributed by atoms with Gasteiger partial charge in [-0.3, -0.25) is 4.79 Å². The van der Waals surface area contributed by atoms with Crippen LogP contribution in [0.3, 0.4) is 0 Å². The molecule has 4 heteroatoms. The van der Waals surface area contributed by atoms with Crippen LogP contribution in [0.5, 0.6) is 0 Å². The van der Waals surface area contributed by atoms with Gasteiger partial charge in [0.05, 0.1) is 0 Å². The molecule has 1 amide bonds. The summed E-state index contributed by atoms with van der Waals surface area (Å²) in [6.45, 7) is 0. The molecule has 0 spiro atoms. The van der Waals surface area contributed by atoms with Gasteiger partial charge in [0, 0.05) is 12.1 Å². The fourth-order valence-electron chi connectivity index (χ4n) is 2.12. The van der Waals surface area contributed by atoms with Crippen LogP contribution >= 0.6 is 12.2 Å². The van der Waals surface area contributed by atoms with Gasteiger partial charge in [0.15, 0.2) is 4.99 Å². The minimum absolute atomic E-state index is 0.0798. The third kappa shape index (κ3) is 2.91. The zero-order valence-electron chi connectivity index (χ0n) is 8.92. The van der Waals surface area contributed by atoms with Gasteiger partial charge in [-0.05, 0) is 32.1 Å². The van der Waals surface area contributed by atoms with Gasteiger partial charge in [-0.1, -0.05) is 25.1 Å². The van der Waals surface area contributed by atoms with Crippen LogP contribution in [0.15, 0.2) is 0 Å². The summed E-state index contributed by atoms with van der Waals surface area (Å²) in [6, 6.07) is 0.811. The Bertz CT molecular complexity index is 257. The molecule has 0 atom stereocenters. The van der Waals surface area contributed by atoms with Crippen LogP contribution in [0.4, 0.5) is 0 Å². The zero-order valence-corrected chi connectivity index (χ0v) is 9.74. The minimum atomic E-state index is -0.0798. The first-order valence-electron chi connectivity index (χ1n) is 5.87. The quantitative estimate of drug-likeness (QED) is 0.701. The van der Waals surface area contributed by atoms with Crippen LogP contribution in [0, 0.1) is 0 Å². The van der Waals surface area contributed by atoms with E-state index in [4.69, 9.17) is 12.2 Å². The second kappa shape index (κ2) is 4.92. The SMILES string of the molecule is O=C(NC1CCCC1)C(=S)NC1CCC1. The van der Waals surface area contributed by atoms with Gasteiger partial charge >= 0.3 is 0 Å². The number of carbonyl (C=O) groups excluding carboxylic acids is 1. The molecule has 84 valence electrons. The second-order valence-corrected chi connectivity index (χ2v) is 4.96. The topological polar surface area (TPSA) is 41.1 Å². The number of carbonyl (C=O) groups is 1. The molecule has 0 aliphatic heterocycles. The Balaban J connectivity index is 1.71. The van der Waals surface area contributed by atoms with E-state index >= 15 is 0 Å². The third-order valence-electron chi connectivity index (χ3n) is 3.34. The molecule has 2 aliphatic rings. The summed E-state index contributed by atoms with van der Waals surface area (Å²) in [4.78, 5) is 12.0. The first-order valence-corrected chi connectivity index (χ1v) is 6.28. The summed E-state index contributed by atoms with van der Waals surface area (Å²) in [5.41, 5.74) is 0. The van der Waals surface area contributed by atoms with E-state index in [1.807, 2.05) is 0 Å². The van der Waals surface area contributed by atoms with Crippen LogP contribution in [0.25, 0.3) is 0 Å². The Kier molecular flexibility index (Phi) is 3.57. The van der Waals surface area contributed by atoms with E-state index in [0.29, 0.717) is 17.1 Å². The molecule has 3 nitrogen and oxygen atoms in total. The number of nitrogens with one attached hydrogen (secondary N) is 2. The lowest BCUT2D eigenvalue weighted by Gasteiger charge is -2.27. The number of hydrogen-bond donors (Lipinski definition) is 2. The Morgan fingerprint density at radius 1 is 0.933 bits per heavy atom. The molecular weight excluding hydrogens is 208 g/mol. The van der Waals surface area contributed by atoms with Gasteiger partial charge in [-0.15, -0.1) is 0 Å². The lowest BCUT2D eigenvalue weighted by atomic mass is 9.93. The van der Waals surface area contributed by atoms with E-state index in [1.165, 1.54) is 19.3 Å². The molecule has 0 radical (unpaired) electrons. The average molecular weight is 226 g/mol. The number of rotatable bonds is 2. The summed E-state index contributed by atoms with van der Waals surface area (Å²) in [5.74, 6) is -0.0798. The molecule has 0 heterocycles. The number of hydrogen-bond acceptors (Lipinski definition) is 2. The van der Waals surface area contributed by atoms with E-state index in [0.717, 1.165) is 25.7 Å². The summed E-state index contributed by atoms with van der Waals surface area (Å²) < 4.78 is 0. The average Bonchev–Trinajstić information content (AvgIpc) is 2.63. The standard InChI is InChI=1S/C11H18N2OS/c14-10(12-8-4-1-2-5-8)11(15)13-9-6-3-7-9/h8-9H,1-7H2,(H,12,14)(H,13,15). The Hall–Kier alpha value is -0.640. The van der Waals surface area contributed by atoms with Crippen LogP contribution in [-0.2, 0) is 4.79 Å². The highest BCUT2D eigenvalue weighted by molar-refractivity contribution is 7.82. The summed E-state index contributed by atoms with van der Waals surface area (Å²) in [6.07, 6.45) is 8.23. The van der Waals surface area contributed by atoms with Crippen molar-refractivity contribution in [3.05, 3.63) is 0 Å². The lowest BCUT2D eigenvalue weighted by molar-refractivity contribution is -0.115. The Morgan fingerprint density at radius 2 is 1.47 bits per heavy atom. The van der Waals surface area contributed by atoms with Crippen molar-refractivity contribution in [3.8, 4) is 0 Å². The predicted octanol–water partition coefficient (Wildman–Crippen LogP) is 1.51. The molecule has 0 unspecified atom stereocenters. The van der Waals surface area contributed by atoms with Crippen LogP contribution in [0.1, 0.15) is 44.9 Å². The normalized spacial score (nSPS) is 22.1.